The Morgan fingerprint density at radius 3 is 2.09 bits per heavy atom. The van der Waals surface area contributed by atoms with Crippen LogP contribution in [0.1, 0.15) is 41.3 Å². The van der Waals surface area contributed by atoms with Crippen molar-refractivity contribution in [3.05, 3.63) is 93.7 Å². The van der Waals surface area contributed by atoms with Crippen molar-refractivity contribution >= 4 is 12.1 Å². The first kappa shape index (κ1) is 24.5. The van der Waals surface area contributed by atoms with Crippen LogP contribution < -0.4 is 15.6 Å². The number of benzene rings is 2. The summed E-state index contributed by atoms with van der Waals surface area (Å²) in [6, 6.07) is 18.4. The lowest BCUT2D eigenvalue weighted by atomic mass is 10.0. The molecule has 0 spiro atoms. The van der Waals surface area contributed by atoms with Crippen LogP contribution in [0, 0.1) is 0 Å². The zero-order chi connectivity index (χ0) is 24.7. The lowest BCUT2D eigenvalue weighted by Crippen LogP contribution is -2.46. The van der Waals surface area contributed by atoms with Crippen molar-refractivity contribution in [1.82, 2.24) is 14.9 Å². The number of alkyl carbamates (subject to hydrolysis) is 1. The minimum absolute atomic E-state index is 0.0640. The molecule has 3 rings (SSSR count). The molecule has 9 nitrogen and oxygen atoms in total. The number of methoxy groups -OCH3 is 1. The number of hydrogen-bond donors (Lipinski definition) is 1. The van der Waals surface area contributed by atoms with Crippen LogP contribution in [0.3, 0.4) is 0 Å². The Balaban J connectivity index is 1.86. The Hall–Kier alpha value is -4.14. The SMILES string of the molecule is COC(=O)c1nc(C(C)(C)NC(=O)OCc2ccccc2)n(C)c(=O)c1OCc1ccccc1. The number of aromatic nitrogens is 2. The van der Waals surface area contributed by atoms with Gasteiger partial charge in [-0.15, -0.1) is 0 Å². The molecule has 0 unspecified atom stereocenters. The van der Waals surface area contributed by atoms with E-state index in [0.29, 0.717) is 0 Å². The van der Waals surface area contributed by atoms with Gasteiger partial charge in [0, 0.05) is 7.05 Å². The molecule has 1 aromatic heterocycles. The number of ether oxygens (including phenoxy) is 3. The summed E-state index contributed by atoms with van der Waals surface area (Å²) in [6.07, 6.45) is -0.702. The highest BCUT2D eigenvalue weighted by molar-refractivity contribution is 5.90. The van der Waals surface area contributed by atoms with E-state index in [-0.39, 0.29) is 30.5 Å². The molecule has 1 N–H and O–H groups in total. The quantitative estimate of drug-likeness (QED) is 0.509. The molecule has 0 fully saturated rings. The second kappa shape index (κ2) is 10.7. The van der Waals surface area contributed by atoms with Crippen molar-refractivity contribution in [3.8, 4) is 5.75 Å². The van der Waals surface area contributed by atoms with Crippen LogP contribution in [0.15, 0.2) is 65.5 Å². The smallest absolute Gasteiger partial charge is 0.408 e. The molecule has 2 aromatic carbocycles. The topological polar surface area (TPSA) is 109 Å². The summed E-state index contributed by atoms with van der Waals surface area (Å²) in [5, 5.41) is 2.70. The third kappa shape index (κ3) is 5.80. The molecule has 0 radical (unpaired) electrons. The lowest BCUT2D eigenvalue weighted by molar-refractivity contribution is 0.0586. The summed E-state index contributed by atoms with van der Waals surface area (Å²) in [6.45, 7) is 3.43. The number of hydrogen-bond acceptors (Lipinski definition) is 7. The molecular weight excluding hydrogens is 438 g/mol. The summed E-state index contributed by atoms with van der Waals surface area (Å²) in [4.78, 5) is 42.4. The van der Waals surface area contributed by atoms with E-state index >= 15 is 0 Å². The normalized spacial score (nSPS) is 10.9. The Bertz CT molecular complexity index is 1210. The van der Waals surface area contributed by atoms with Gasteiger partial charge in [0.05, 0.1) is 12.6 Å². The van der Waals surface area contributed by atoms with E-state index in [1.54, 1.807) is 13.8 Å². The summed E-state index contributed by atoms with van der Waals surface area (Å²) in [5.41, 5.74) is -0.387. The Labute approximate surface area is 197 Å². The van der Waals surface area contributed by atoms with Gasteiger partial charge in [0.15, 0.2) is 5.69 Å². The van der Waals surface area contributed by atoms with E-state index in [1.165, 1.54) is 18.7 Å². The maximum Gasteiger partial charge on any atom is 0.408 e. The first-order chi connectivity index (χ1) is 16.2. The Morgan fingerprint density at radius 1 is 0.971 bits per heavy atom. The predicted molar refractivity (Wildman–Crippen MR) is 124 cm³/mol. The molecule has 1 heterocycles. The number of amides is 1. The van der Waals surface area contributed by atoms with Crippen LogP contribution in [0.4, 0.5) is 4.79 Å². The maximum atomic E-state index is 13.1. The minimum atomic E-state index is -1.16. The molecule has 0 bridgehead atoms. The van der Waals surface area contributed by atoms with Crippen LogP contribution >= 0.6 is 0 Å². The number of rotatable bonds is 8. The van der Waals surface area contributed by atoms with Crippen LogP contribution in [0.2, 0.25) is 0 Å². The first-order valence-corrected chi connectivity index (χ1v) is 10.6. The van der Waals surface area contributed by atoms with Gasteiger partial charge in [-0.1, -0.05) is 60.7 Å². The average Bonchev–Trinajstić information content (AvgIpc) is 2.84. The number of nitrogens with one attached hydrogen (secondary N) is 1. The Kier molecular flexibility index (Phi) is 7.68. The van der Waals surface area contributed by atoms with Crippen molar-refractivity contribution in [3.63, 3.8) is 0 Å². The average molecular weight is 466 g/mol. The van der Waals surface area contributed by atoms with Gasteiger partial charge in [0.25, 0.3) is 5.56 Å². The molecular formula is C25H27N3O6. The molecule has 1 amide bonds. The molecule has 34 heavy (non-hydrogen) atoms. The van der Waals surface area contributed by atoms with E-state index < -0.39 is 23.2 Å². The summed E-state index contributed by atoms with van der Waals surface area (Å²) < 4.78 is 17.0. The van der Waals surface area contributed by atoms with E-state index in [1.807, 2.05) is 60.7 Å². The third-order valence-electron chi connectivity index (χ3n) is 5.04. The highest BCUT2D eigenvalue weighted by atomic mass is 16.5. The molecule has 0 aliphatic heterocycles. The molecule has 3 aromatic rings. The van der Waals surface area contributed by atoms with Crippen LogP contribution in [-0.2, 0) is 35.3 Å². The summed E-state index contributed by atoms with van der Waals surface area (Å²) in [5.74, 6) is -0.935. The first-order valence-electron chi connectivity index (χ1n) is 10.6. The highest BCUT2D eigenvalue weighted by Crippen LogP contribution is 2.22. The largest absolute Gasteiger partial charge is 0.481 e. The fraction of sp³-hybridized carbons (Fsp3) is 0.280. The molecule has 0 aliphatic carbocycles. The monoisotopic (exact) mass is 465 g/mol. The van der Waals surface area contributed by atoms with Crippen LogP contribution in [-0.4, -0.2) is 28.7 Å². The Morgan fingerprint density at radius 2 is 1.53 bits per heavy atom. The van der Waals surface area contributed by atoms with Crippen molar-refractivity contribution in [2.75, 3.05) is 7.11 Å². The van der Waals surface area contributed by atoms with Crippen molar-refractivity contribution in [2.45, 2.75) is 32.6 Å². The molecule has 0 aliphatic rings. The fourth-order valence-electron chi connectivity index (χ4n) is 3.31. The standard InChI is InChI=1S/C25H27N3O6/c1-25(2,27-24(31)34-16-18-13-9-6-10-14-18)23-26-19(22(30)32-4)20(21(29)28(23)3)33-15-17-11-7-5-8-12-17/h5-14H,15-16H2,1-4H3,(H,27,31). The third-order valence-corrected chi connectivity index (χ3v) is 5.04. The van der Waals surface area contributed by atoms with Gasteiger partial charge in [-0.05, 0) is 25.0 Å². The molecule has 0 saturated carbocycles. The number of carbonyl (C=O) groups excluding carboxylic acids is 2. The van der Waals surface area contributed by atoms with Crippen LogP contribution in [0.25, 0.3) is 0 Å². The van der Waals surface area contributed by atoms with Gasteiger partial charge in [-0.25, -0.2) is 14.6 Å². The van der Waals surface area contributed by atoms with E-state index in [9.17, 15) is 14.4 Å². The highest BCUT2D eigenvalue weighted by Gasteiger charge is 2.32. The zero-order valence-corrected chi connectivity index (χ0v) is 19.5. The van der Waals surface area contributed by atoms with Gasteiger partial charge in [-0.3, -0.25) is 9.36 Å². The number of nitrogens with zero attached hydrogens (tertiary/aromatic N) is 2. The molecule has 9 heteroatoms. The van der Waals surface area contributed by atoms with Crippen molar-refractivity contribution < 1.29 is 23.8 Å². The summed E-state index contributed by atoms with van der Waals surface area (Å²) in [7, 11) is 2.67. The van der Waals surface area contributed by atoms with Gasteiger partial charge in [-0.2, -0.15) is 0 Å². The van der Waals surface area contributed by atoms with E-state index in [0.717, 1.165) is 11.1 Å². The van der Waals surface area contributed by atoms with Crippen LogP contribution in [0.5, 0.6) is 5.75 Å². The number of esters is 1. The fourth-order valence-corrected chi connectivity index (χ4v) is 3.31. The minimum Gasteiger partial charge on any atom is -0.481 e. The van der Waals surface area contributed by atoms with Crippen molar-refractivity contribution in [2.24, 2.45) is 7.05 Å². The van der Waals surface area contributed by atoms with Gasteiger partial charge in [0.1, 0.15) is 19.0 Å². The predicted octanol–water partition coefficient (Wildman–Crippen LogP) is 3.31. The zero-order valence-electron chi connectivity index (χ0n) is 19.5. The lowest BCUT2D eigenvalue weighted by Gasteiger charge is -2.27. The second-order valence-corrected chi connectivity index (χ2v) is 8.05. The molecule has 0 saturated heterocycles. The van der Waals surface area contributed by atoms with E-state index in [4.69, 9.17) is 14.2 Å². The molecule has 0 atom stereocenters. The maximum absolute atomic E-state index is 13.1. The second-order valence-electron chi connectivity index (χ2n) is 8.05. The molecule has 178 valence electrons. The van der Waals surface area contributed by atoms with Gasteiger partial charge in [0.2, 0.25) is 5.75 Å². The van der Waals surface area contributed by atoms with Crippen molar-refractivity contribution in [1.29, 1.82) is 0 Å². The van der Waals surface area contributed by atoms with Gasteiger partial charge >= 0.3 is 12.1 Å². The van der Waals surface area contributed by atoms with Gasteiger partial charge < -0.3 is 19.5 Å². The van der Waals surface area contributed by atoms with E-state index in [2.05, 4.69) is 10.3 Å². The number of carbonyl (C=O) groups is 2. The summed E-state index contributed by atoms with van der Waals surface area (Å²) >= 11 is 0.